The Morgan fingerprint density at radius 1 is 1.62 bits per heavy atom. The van der Waals surface area contributed by atoms with Crippen LogP contribution >= 0.6 is 11.3 Å². The highest BCUT2D eigenvalue weighted by Crippen LogP contribution is 2.25. The number of thiazole rings is 1. The first-order valence-corrected chi connectivity index (χ1v) is 6.13. The maximum absolute atomic E-state index is 11.9. The van der Waals surface area contributed by atoms with E-state index in [1.54, 1.807) is 11.7 Å². The van der Waals surface area contributed by atoms with Crippen molar-refractivity contribution in [3.8, 4) is 6.07 Å². The molecule has 1 rings (SSSR count). The third-order valence-electron chi connectivity index (χ3n) is 2.76. The molecule has 0 aliphatic rings. The number of nitrogens with one attached hydrogen (secondary N) is 1. The van der Waals surface area contributed by atoms with Gasteiger partial charge in [0.2, 0.25) is 5.91 Å². The summed E-state index contributed by atoms with van der Waals surface area (Å²) in [5.74, 6) is -0.187. The van der Waals surface area contributed by atoms with E-state index in [-0.39, 0.29) is 5.91 Å². The molecule has 4 nitrogen and oxygen atoms in total. The smallest absolute Gasteiger partial charge is 0.240 e. The van der Waals surface area contributed by atoms with Crippen molar-refractivity contribution in [2.24, 2.45) is 5.41 Å². The zero-order valence-corrected chi connectivity index (χ0v) is 10.3. The lowest BCUT2D eigenvalue weighted by Gasteiger charge is -2.21. The number of carbonyl (C=O) groups excluding carboxylic acids is 1. The zero-order chi connectivity index (χ0) is 12.0. The first-order chi connectivity index (χ1) is 7.68. The van der Waals surface area contributed by atoms with Gasteiger partial charge in [-0.1, -0.05) is 13.8 Å². The Morgan fingerprint density at radius 3 is 2.75 bits per heavy atom. The SMILES string of the molecule is CCC(C#N)(CC)C(=O)NCc1cncs1. The molecule has 1 aromatic rings. The van der Waals surface area contributed by atoms with E-state index >= 15 is 0 Å². The summed E-state index contributed by atoms with van der Waals surface area (Å²) in [6.07, 6.45) is 2.79. The van der Waals surface area contributed by atoms with E-state index < -0.39 is 5.41 Å². The van der Waals surface area contributed by atoms with Crippen molar-refractivity contribution in [1.29, 1.82) is 5.26 Å². The summed E-state index contributed by atoms with van der Waals surface area (Å²) in [4.78, 5) is 16.8. The lowest BCUT2D eigenvalue weighted by Crippen LogP contribution is -2.38. The molecule has 0 saturated carbocycles. The number of aromatic nitrogens is 1. The van der Waals surface area contributed by atoms with Crippen molar-refractivity contribution in [2.45, 2.75) is 33.2 Å². The monoisotopic (exact) mass is 237 g/mol. The number of carbonyl (C=O) groups is 1. The minimum Gasteiger partial charge on any atom is -0.350 e. The maximum Gasteiger partial charge on any atom is 0.240 e. The second kappa shape index (κ2) is 5.61. The number of amides is 1. The van der Waals surface area contributed by atoms with Crippen LogP contribution in [0.15, 0.2) is 11.7 Å². The first-order valence-electron chi connectivity index (χ1n) is 5.25. The topological polar surface area (TPSA) is 65.8 Å². The summed E-state index contributed by atoms with van der Waals surface area (Å²) in [6, 6.07) is 2.12. The van der Waals surface area contributed by atoms with Crippen LogP contribution in [-0.2, 0) is 11.3 Å². The molecule has 1 heterocycles. The number of nitrogens with zero attached hydrogens (tertiary/aromatic N) is 2. The molecule has 0 radical (unpaired) electrons. The Morgan fingerprint density at radius 2 is 2.31 bits per heavy atom. The zero-order valence-electron chi connectivity index (χ0n) is 9.49. The third-order valence-corrected chi connectivity index (χ3v) is 3.54. The molecule has 0 aromatic carbocycles. The normalized spacial score (nSPS) is 10.8. The average molecular weight is 237 g/mol. The third kappa shape index (κ3) is 2.58. The van der Waals surface area contributed by atoms with Crippen LogP contribution in [-0.4, -0.2) is 10.9 Å². The van der Waals surface area contributed by atoms with E-state index in [4.69, 9.17) is 5.26 Å². The quantitative estimate of drug-likeness (QED) is 0.852. The van der Waals surface area contributed by atoms with E-state index in [1.165, 1.54) is 11.3 Å². The number of hydrogen-bond donors (Lipinski definition) is 1. The Hall–Kier alpha value is -1.41. The Bertz CT molecular complexity index is 376. The van der Waals surface area contributed by atoms with Gasteiger partial charge in [0.05, 0.1) is 18.1 Å². The number of hydrogen-bond acceptors (Lipinski definition) is 4. The van der Waals surface area contributed by atoms with Gasteiger partial charge in [-0.25, -0.2) is 0 Å². The van der Waals surface area contributed by atoms with Gasteiger partial charge in [-0.3, -0.25) is 9.78 Å². The predicted molar refractivity (Wildman–Crippen MR) is 62.6 cm³/mol. The molecule has 1 aromatic heterocycles. The molecule has 1 amide bonds. The van der Waals surface area contributed by atoms with Crippen LogP contribution in [0.1, 0.15) is 31.6 Å². The molecule has 0 atom stereocenters. The van der Waals surface area contributed by atoms with Crippen LogP contribution in [0.4, 0.5) is 0 Å². The highest BCUT2D eigenvalue weighted by molar-refractivity contribution is 7.09. The van der Waals surface area contributed by atoms with Gasteiger partial charge in [-0.15, -0.1) is 11.3 Å². The maximum atomic E-state index is 11.9. The molecule has 0 fully saturated rings. The molecule has 0 aliphatic carbocycles. The average Bonchev–Trinajstić information content (AvgIpc) is 2.82. The van der Waals surface area contributed by atoms with Gasteiger partial charge >= 0.3 is 0 Å². The molecule has 0 bridgehead atoms. The summed E-state index contributed by atoms with van der Waals surface area (Å²) in [5, 5.41) is 11.9. The van der Waals surface area contributed by atoms with E-state index in [0.29, 0.717) is 19.4 Å². The predicted octanol–water partition coefficient (Wildman–Crippen LogP) is 2.09. The van der Waals surface area contributed by atoms with Crippen LogP contribution in [0.25, 0.3) is 0 Å². The Balaban J connectivity index is 2.61. The molecule has 1 N–H and O–H groups in total. The molecule has 0 saturated heterocycles. The molecule has 0 unspecified atom stereocenters. The molecule has 86 valence electrons. The summed E-state index contributed by atoms with van der Waals surface area (Å²) in [7, 11) is 0. The van der Waals surface area contributed by atoms with Crippen molar-refractivity contribution >= 4 is 17.2 Å². The van der Waals surface area contributed by atoms with E-state index in [0.717, 1.165) is 4.88 Å². The first kappa shape index (κ1) is 12.7. The lowest BCUT2D eigenvalue weighted by molar-refractivity contribution is -0.128. The number of nitriles is 1. The Kier molecular flexibility index (Phi) is 4.44. The minimum absolute atomic E-state index is 0.187. The van der Waals surface area contributed by atoms with Gasteiger partial charge < -0.3 is 5.32 Å². The van der Waals surface area contributed by atoms with Gasteiger partial charge in [0, 0.05) is 11.1 Å². The van der Waals surface area contributed by atoms with Crippen LogP contribution in [0.5, 0.6) is 0 Å². The van der Waals surface area contributed by atoms with Crippen LogP contribution in [0, 0.1) is 16.7 Å². The van der Waals surface area contributed by atoms with Crippen molar-refractivity contribution < 1.29 is 4.79 Å². The van der Waals surface area contributed by atoms with Gasteiger partial charge in [0.15, 0.2) is 0 Å². The molecular weight excluding hydrogens is 222 g/mol. The van der Waals surface area contributed by atoms with E-state index in [9.17, 15) is 4.79 Å². The second-order valence-corrected chi connectivity index (χ2v) is 4.52. The van der Waals surface area contributed by atoms with Gasteiger partial charge in [0.1, 0.15) is 5.41 Å². The van der Waals surface area contributed by atoms with E-state index in [1.807, 2.05) is 13.8 Å². The number of rotatable bonds is 5. The molecule has 0 spiro atoms. The second-order valence-electron chi connectivity index (χ2n) is 3.55. The van der Waals surface area contributed by atoms with Crippen LogP contribution in [0.3, 0.4) is 0 Å². The fourth-order valence-corrected chi connectivity index (χ4v) is 1.98. The standard InChI is InChI=1S/C11H15N3OS/c1-3-11(4-2,7-12)10(15)14-6-9-5-13-8-16-9/h5,8H,3-4,6H2,1-2H3,(H,14,15). The highest BCUT2D eigenvalue weighted by Gasteiger charge is 2.34. The summed E-state index contributed by atoms with van der Waals surface area (Å²) in [5.41, 5.74) is 0.837. The molecule has 16 heavy (non-hydrogen) atoms. The lowest BCUT2D eigenvalue weighted by atomic mass is 9.83. The fourth-order valence-electron chi connectivity index (χ4n) is 1.45. The van der Waals surface area contributed by atoms with Crippen LogP contribution < -0.4 is 5.32 Å². The van der Waals surface area contributed by atoms with Crippen molar-refractivity contribution in [3.05, 3.63) is 16.6 Å². The van der Waals surface area contributed by atoms with Crippen molar-refractivity contribution in [2.75, 3.05) is 0 Å². The van der Waals surface area contributed by atoms with Crippen molar-refractivity contribution in [1.82, 2.24) is 10.3 Å². The molecule has 0 aliphatic heterocycles. The van der Waals surface area contributed by atoms with Crippen molar-refractivity contribution in [3.63, 3.8) is 0 Å². The summed E-state index contributed by atoms with van der Waals surface area (Å²) >= 11 is 1.49. The van der Waals surface area contributed by atoms with Gasteiger partial charge in [-0.2, -0.15) is 5.26 Å². The summed E-state index contributed by atoms with van der Waals surface area (Å²) in [6.45, 7) is 4.17. The highest BCUT2D eigenvalue weighted by atomic mass is 32.1. The Labute approximate surface area is 99.3 Å². The minimum atomic E-state index is -0.884. The molecule has 5 heteroatoms. The largest absolute Gasteiger partial charge is 0.350 e. The van der Waals surface area contributed by atoms with Gasteiger partial charge in [-0.05, 0) is 12.8 Å². The van der Waals surface area contributed by atoms with E-state index in [2.05, 4.69) is 16.4 Å². The summed E-state index contributed by atoms with van der Waals surface area (Å²) < 4.78 is 0. The van der Waals surface area contributed by atoms with Crippen LogP contribution in [0.2, 0.25) is 0 Å². The van der Waals surface area contributed by atoms with Gasteiger partial charge in [0.25, 0.3) is 0 Å². The fraction of sp³-hybridized carbons (Fsp3) is 0.545. The molecular formula is C11H15N3OS.